The first-order chi connectivity index (χ1) is 30.4. The van der Waals surface area contributed by atoms with Crippen LogP contribution in [-0.4, -0.2) is 56.4 Å². The molecule has 9 nitrogen and oxygen atoms in total. The molecule has 2 saturated carbocycles. The van der Waals surface area contributed by atoms with Gasteiger partial charge in [-0.15, -0.1) is 0 Å². The third-order valence-corrected chi connectivity index (χ3v) is 16.2. The fourth-order valence-corrected chi connectivity index (χ4v) is 13.0. The van der Waals surface area contributed by atoms with Gasteiger partial charge in [0, 0.05) is 33.8 Å². The van der Waals surface area contributed by atoms with Crippen molar-refractivity contribution in [3.05, 3.63) is 123 Å². The fourth-order valence-electron chi connectivity index (χ4n) is 13.0. The molecule has 0 saturated heterocycles. The van der Waals surface area contributed by atoms with Crippen LogP contribution in [0.1, 0.15) is 113 Å². The van der Waals surface area contributed by atoms with Crippen LogP contribution in [0.15, 0.2) is 96.1 Å². The van der Waals surface area contributed by atoms with Gasteiger partial charge in [-0.25, -0.2) is 0 Å². The average Bonchev–Trinajstić information content (AvgIpc) is 3.74. The molecule has 0 aliphatic heterocycles. The molecule has 63 heavy (non-hydrogen) atoms. The number of aliphatic hydroxyl groups excluding tert-OH is 1. The van der Waals surface area contributed by atoms with Crippen molar-refractivity contribution < 1.29 is 39.9 Å². The quantitative estimate of drug-likeness (QED) is 0.0392. The van der Waals surface area contributed by atoms with Gasteiger partial charge in [-0.3, -0.25) is 4.79 Å². The summed E-state index contributed by atoms with van der Waals surface area (Å²) in [7, 11) is 0. The number of phenolic OH excluding ortho intramolecular Hbond substituents is 1. The predicted molar refractivity (Wildman–Crippen MR) is 244 cm³/mol. The van der Waals surface area contributed by atoms with Crippen LogP contribution in [-0.2, 0) is 31.6 Å². The number of carbonyl (C=O) groups is 3. The first kappa shape index (κ1) is 44.8. The van der Waals surface area contributed by atoms with E-state index in [2.05, 4.69) is 24.3 Å². The zero-order valence-electron chi connectivity index (χ0n) is 36.4. The maximum Gasteiger partial charge on any atom is 0.308 e. The van der Waals surface area contributed by atoms with E-state index in [4.69, 9.17) is 5.73 Å². The number of aldehydes is 2. The van der Waals surface area contributed by atoms with Crippen LogP contribution in [0.2, 0.25) is 0 Å². The number of carbonyl (C=O) groups excluding carboxylic acids is 2. The van der Waals surface area contributed by atoms with Crippen molar-refractivity contribution in [2.24, 2.45) is 47.2 Å². The molecule has 1 spiro atoms. The Morgan fingerprint density at radius 1 is 0.873 bits per heavy atom. The van der Waals surface area contributed by atoms with Crippen molar-refractivity contribution in [2.45, 2.75) is 119 Å². The van der Waals surface area contributed by atoms with Crippen LogP contribution >= 0.6 is 0 Å². The fraction of sp³-hybridized carbons (Fsp3) is 0.500. The number of hydrogen-bond donors (Lipinski definition) is 6. The molecule has 2 fully saturated rings. The van der Waals surface area contributed by atoms with E-state index in [9.17, 15) is 39.9 Å². The molecule has 4 bridgehead atoms. The number of rotatable bonds is 15. The van der Waals surface area contributed by atoms with E-state index in [-0.39, 0.29) is 47.0 Å². The van der Waals surface area contributed by atoms with Crippen LogP contribution in [0.25, 0.3) is 11.8 Å². The molecule has 0 unspecified atom stereocenters. The zero-order chi connectivity index (χ0) is 44.4. The summed E-state index contributed by atoms with van der Waals surface area (Å²) >= 11 is 0. The van der Waals surface area contributed by atoms with E-state index in [1.807, 2.05) is 54.6 Å². The smallest absolute Gasteiger partial charge is 0.308 e. The molecule has 6 aliphatic rings. The standard InChI is InChI=1S/C54H65NO8/c55-25-21-35-13-14-38(27-35)41(34-57)9-2-1-3-10-43-28-36-19-22-52(43,42-15-17-45(58)18-16-42)32-37-7-6-11-44(29-37)53(49(51(60)61)48(30-36)54(62,63)24-26-56)23-20-40-31-39-8-4-5-12-46(39)50(59)47(40)33-53/h4-8,11-12,15-18,26-27,29-31,34,38,40-41,43,47-49,58-59,62-63H,1-3,9-10,13-14,19-25,28,32-33,55H2,(H,60,61)/b36-30-/t38-,40+,41+,43+,47+,48-,49+,52-,53-/m0/s1. The molecule has 3 aromatic carbocycles. The maximum atomic E-state index is 14.1. The number of unbranched alkanes of at least 4 members (excludes halogenated alkanes) is 2. The molecule has 9 atom stereocenters. The minimum Gasteiger partial charge on any atom is -0.511 e. The van der Waals surface area contributed by atoms with E-state index in [1.165, 1.54) is 5.57 Å². The van der Waals surface area contributed by atoms with Gasteiger partial charge in [0.2, 0.25) is 0 Å². The first-order valence-corrected chi connectivity index (χ1v) is 23.5. The lowest BCUT2D eigenvalue weighted by atomic mass is 9.51. The Morgan fingerprint density at radius 2 is 1.68 bits per heavy atom. The zero-order valence-corrected chi connectivity index (χ0v) is 36.4. The summed E-state index contributed by atoms with van der Waals surface area (Å²) in [6.07, 6.45) is 18.5. The molecule has 3 aromatic rings. The number of nitrogens with two attached hydrogens (primary N) is 1. The van der Waals surface area contributed by atoms with Crippen molar-refractivity contribution in [2.75, 3.05) is 6.54 Å². The number of carboxylic acids is 1. The highest BCUT2D eigenvalue weighted by Gasteiger charge is 2.57. The number of benzene rings is 3. The molecular weight excluding hydrogens is 791 g/mol. The minimum atomic E-state index is -2.66. The van der Waals surface area contributed by atoms with Gasteiger partial charge in [-0.05, 0) is 135 Å². The van der Waals surface area contributed by atoms with Gasteiger partial charge < -0.3 is 40.9 Å². The summed E-state index contributed by atoms with van der Waals surface area (Å²) in [5, 5.41) is 59.6. The number of allylic oxidation sites excluding steroid dienone is 2. The van der Waals surface area contributed by atoms with Crippen LogP contribution in [0.4, 0.5) is 0 Å². The summed E-state index contributed by atoms with van der Waals surface area (Å²) in [5.74, 6) is -6.16. The van der Waals surface area contributed by atoms with Crippen molar-refractivity contribution in [1.82, 2.24) is 0 Å². The molecule has 0 heterocycles. The second-order valence-corrected chi connectivity index (χ2v) is 19.7. The van der Waals surface area contributed by atoms with Gasteiger partial charge in [-0.2, -0.15) is 0 Å². The Hall–Kier alpha value is -4.83. The Bertz CT molecular complexity index is 2350. The highest BCUT2D eigenvalue weighted by Crippen LogP contribution is 2.57. The second-order valence-electron chi connectivity index (χ2n) is 19.7. The monoisotopic (exact) mass is 855 g/mol. The van der Waals surface area contributed by atoms with Gasteiger partial charge in [-0.1, -0.05) is 109 Å². The SMILES string of the molecule is NCCC1=C[C@@H]([C@@H](C=O)CCCCC[C@@H]2C/C3=C\[C@H](C(O)(O)CC=O)[C@H](C(=O)O)[C@]4(CC[C@@H]5C=c6ccccc6=C(O)[C@@H]5C4)c4cccc(c4)C[C@]2(c2ccc(O)cc2)CC3)CC1. The van der Waals surface area contributed by atoms with Crippen molar-refractivity contribution in [3.63, 3.8) is 0 Å². The Morgan fingerprint density at radius 3 is 2.44 bits per heavy atom. The first-order valence-electron chi connectivity index (χ1n) is 23.5. The summed E-state index contributed by atoms with van der Waals surface area (Å²) in [6, 6.07) is 23.5. The van der Waals surface area contributed by atoms with Gasteiger partial charge in [0.1, 0.15) is 24.1 Å². The summed E-state index contributed by atoms with van der Waals surface area (Å²) in [6.45, 7) is 0.625. The molecule has 9 rings (SSSR count). The van der Waals surface area contributed by atoms with E-state index in [1.54, 1.807) is 12.1 Å². The van der Waals surface area contributed by atoms with Gasteiger partial charge in [0.25, 0.3) is 0 Å². The molecule has 0 aromatic heterocycles. The Balaban J connectivity index is 1.19. The van der Waals surface area contributed by atoms with Crippen LogP contribution in [0.5, 0.6) is 5.75 Å². The molecule has 334 valence electrons. The lowest BCUT2D eigenvalue weighted by molar-refractivity contribution is -0.212. The van der Waals surface area contributed by atoms with E-state index in [0.717, 1.165) is 96.8 Å². The number of aliphatic carboxylic acids is 1. The van der Waals surface area contributed by atoms with Crippen LogP contribution in [0.3, 0.4) is 0 Å². The van der Waals surface area contributed by atoms with E-state index in [0.29, 0.717) is 44.9 Å². The number of aliphatic hydroxyl groups is 3. The molecule has 7 N–H and O–H groups in total. The molecule has 6 aliphatic carbocycles. The normalized spacial score (nSPS) is 30.4. The van der Waals surface area contributed by atoms with Gasteiger partial charge in [0.15, 0.2) is 5.79 Å². The summed E-state index contributed by atoms with van der Waals surface area (Å²) in [5.41, 5.74) is 9.59. The average molecular weight is 856 g/mol. The lowest BCUT2D eigenvalue weighted by Crippen LogP contribution is -2.55. The molecule has 0 radical (unpaired) electrons. The maximum absolute atomic E-state index is 14.1. The molecular formula is C54H65NO8. The summed E-state index contributed by atoms with van der Waals surface area (Å²) < 4.78 is 0. The van der Waals surface area contributed by atoms with Crippen molar-refractivity contribution in [3.8, 4) is 5.75 Å². The van der Waals surface area contributed by atoms with E-state index < -0.39 is 41.3 Å². The van der Waals surface area contributed by atoms with Crippen molar-refractivity contribution >= 4 is 30.4 Å². The highest BCUT2D eigenvalue weighted by molar-refractivity contribution is 5.74. The number of hydrogen-bond acceptors (Lipinski definition) is 8. The third-order valence-electron chi connectivity index (χ3n) is 16.2. The van der Waals surface area contributed by atoms with E-state index >= 15 is 0 Å². The lowest BCUT2D eigenvalue weighted by Gasteiger charge is -2.52. The highest BCUT2D eigenvalue weighted by atomic mass is 16.5. The predicted octanol–water partition coefficient (Wildman–Crippen LogP) is 7.47. The number of fused-ring (bicyclic) bond motifs is 6. The number of aromatic hydroxyl groups is 1. The molecule has 9 heteroatoms. The van der Waals surface area contributed by atoms with Crippen LogP contribution < -0.4 is 16.2 Å². The Kier molecular flexibility index (Phi) is 13.3. The third kappa shape index (κ3) is 8.86. The number of carboxylic acid groups (broad SMARTS) is 1. The summed E-state index contributed by atoms with van der Waals surface area (Å²) in [4.78, 5) is 38.6. The largest absolute Gasteiger partial charge is 0.511 e. The second kappa shape index (κ2) is 18.7. The Labute approximate surface area is 371 Å². The van der Waals surface area contributed by atoms with Crippen molar-refractivity contribution in [1.29, 1.82) is 0 Å². The topological polar surface area (TPSA) is 178 Å². The van der Waals surface area contributed by atoms with Crippen LogP contribution in [0, 0.1) is 41.4 Å². The number of phenols is 1. The minimum absolute atomic E-state index is 0.00614. The van der Waals surface area contributed by atoms with Gasteiger partial charge in [0.05, 0.1) is 12.3 Å². The molecule has 0 amide bonds. The van der Waals surface area contributed by atoms with Gasteiger partial charge >= 0.3 is 5.97 Å².